The smallest absolute Gasteiger partial charge is 0.328 e. The quantitative estimate of drug-likeness (QED) is 0.175. The molecular formula is C16H29N5O7. The van der Waals surface area contributed by atoms with Crippen molar-refractivity contribution in [1.29, 1.82) is 0 Å². The lowest BCUT2D eigenvalue weighted by Gasteiger charge is -2.26. The number of nitrogens with two attached hydrogens (primary N) is 2. The van der Waals surface area contributed by atoms with Gasteiger partial charge in [-0.05, 0) is 12.8 Å². The second kappa shape index (κ2) is 11.9. The summed E-state index contributed by atoms with van der Waals surface area (Å²) in [6, 6.07) is -4.91. The molecule has 0 saturated carbocycles. The van der Waals surface area contributed by atoms with E-state index < -0.39 is 66.8 Å². The Balaban J connectivity index is 5.06. The molecule has 0 aromatic carbocycles. The first-order valence-electron chi connectivity index (χ1n) is 8.73. The first-order chi connectivity index (χ1) is 12.9. The molecule has 0 spiro atoms. The second-order valence-corrected chi connectivity index (χ2v) is 6.46. The fourth-order valence-corrected chi connectivity index (χ4v) is 2.12. The molecule has 0 rings (SSSR count). The molecule has 0 heterocycles. The topological polar surface area (TPSA) is 214 Å². The monoisotopic (exact) mass is 403 g/mol. The Morgan fingerprint density at radius 2 is 1.54 bits per heavy atom. The molecule has 5 unspecified atom stereocenters. The zero-order valence-electron chi connectivity index (χ0n) is 16.1. The third-order valence-corrected chi connectivity index (χ3v) is 4.10. The molecule has 9 N–H and O–H groups in total. The number of primary amides is 1. The molecule has 12 nitrogen and oxygen atoms in total. The van der Waals surface area contributed by atoms with Crippen LogP contribution >= 0.6 is 0 Å². The number of aliphatic carboxylic acids is 1. The molecule has 5 atom stereocenters. The number of carbonyl (C=O) groups excluding carboxylic acids is 4. The molecule has 0 radical (unpaired) electrons. The van der Waals surface area contributed by atoms with Crippen molar-refractivity contribution in [3.8, 4) is 0 Å². The van der Waals surface area contributed by atoms with Gasteiger partial charge in [0.2, 0.25) is 23.6 Å². The number of aliphatic hydroxyl groups excluding tert-OH is 1. The molecule has 0 aromatic heterocycles. The minimum absolute atomic E-state index is 0.329. The van der Waals surface area contributed by atoms with E-state index >= 15 is 0 Å². The van der Waals surface area contributed by atoms with E-state index in [1.165, 1.54) is 6.92 Å². The summed E-state index contributed by atoms with van der Waals surface area (Å²) < 4.78 is 0. The maximum atomic E-state index is 12.5. The molecule has 0 aliphatic rings. The molecule has 12 heteroatoms. The van der Waals surface area contributed by atoms with Gasteiger partial charge < -0.3 is 37.6 Å². The first kappa shape index (κ1) is 25.3. The van der Waals surface area contributed by atoms with E-state index in [-0.39, 0.29) is 5.92 Å². The number of hydrogen-bond donors (Lipinski definition) is 7. The van der Waals surface area contributed by atoms with Gasteiger partial charge in [-0.15, -0.1) is 0 Å². The van der Waals surface area contributed by atoms with Crippen LogP contribution in [-0.2, 0) is 24.0 Å². The minimum Gasteiger partial charge on any atom is -0.480 e. The van der Waals surface area contributed by atoms with Crippen molar-refractivity contribution in [3.63, 3.8) is 0 Å². The third-order valence-electron chi connectivity index (χ3n) is 4.10. The average Bonchev–Trinajstić information content (AvgIpc) is 2.61. The number of carboxylic acids is 1. The Morgan fingerprint density at radius 3 is 1.96 bits per heavy atom. The van der Waals surface area contributed by atoms with Crippen molar-refractivity contribution in [2.24, 2.45) is 17.4 Å². The van der Waals surface area contributed by atoms with Gasteiger partial charge in [-0.1, -0.05) is 20.3 Å². The lowest BCUT2D eigenvalue weighted by molar-refractivity contribution is -0.143. The van der Waals surface area contributed by atoms with Crippen LogP contribution in [0.25, 0.3) is 0 Å². The van der Waals surface area contributed by atoms with E-state index in [2.05, 4.69) is 16.0 Å². The van der Waals surface area contributed by atoms with E-state index in [0.717, 1.165) is 0 Å². The van der Waals surface area contributed by atoms with Gasteiger partial charge in [0.1, 0.15) is 18.1 Å². The Morgan fingerprint density at radius 1 is 0.964 bits per heavy atom. The number of hydrogen-bond acceptors (Lipinski definition) is 7. The van der Waals surface area contributed by atoms with E-state index in [4.69, 9.17) is 21.7 Å². The summed E-state index contributed by atoms with van der Waals surface area (Å²) in [5, 5.41) is 24.7. The molecule has 160 valence electrons. The van der Waals surface area contributed by atoms with Crippen LogP contribution in [0.4, 0.5) is 0 Å². The van der Waals surface area contributed by atoms with Crippen LogP contribution < -0.4 is 27.4 Å². The molecule has 0 saturated heterocycles. The van der Waals surface area contributed by atoms with Gasteiger partial charge >= 0.3 is 5.97 Å². The van der Waals surface area contributed by atoms with E-state index in [1.54, 1.807) is 13.8 Å². The highest BCUT2D eigenvalue weighted by atomic mass is 16.4. The van der Waals surface area contributed by atoms with Gasteiger partial charge in [-0.3, -0.25) is 19.2 Å². The van der Waals surface area contributed by atoms with Crippen molar-refractivity contribution in [1.82, 2.24) is 16.0 Å². The Kier molecular flexibility index (Phi) is 10.7. The van der Waals surface area contributed by atoms with Gasteiger partial charge in [-0.25, -0.2) is 4.79 Å². The normalized spacial score (nSPS) is 16.0. The zero-order chi connectivity index (χ0) is 22.0. The number of carboxylic acid groups (broad SMARTS) is 1. The van der Waals surface area contributed by atoms with Crippen LogP contribution in [0.2, 0.25) is 0 Å². The first-order valence-corrected chi connectivity index (χ1v) is 8.73. The predicted octanol–water partition coefficient (Wildman–Crippen LogP) is -3.21. The molecule has 0 aliphatic heterocycles. The molecular weight excluding hydrogens is 374 g/mol. The maximum Gasteiger partial charge on any atom is 0.328 e. The lowest BCUT2D eigenvalue weighted by atomic mass is 9.97. The number of aliphatic hydroxyl groups is 1. The highest BCUT2D eigenvalue weighted by Crippen LogP contribution is 2.09. The molecule has 0 aliphatic carbocycles. The van der Waals surface area contributed by atoms with Crippen molar-refractivity contribution in [2.75, 3.05) is 6.61 Å². The van der Waals surface area contributed by atoms with Crippen molar-refractivity contribution in [3.05, 3.63) is 0 Å². The van der Waals surface area contributed by atoms with Gasteiger partial charge in [0, 0.05) is 0 Å². The average molecular weight is 403 g/mol. The van der Waals surface area contributed by atoms with Gasteiger partial charge in [0.25, 0.3) is 0 Å². The summed E-state index contributed by atoms with van der Waals surface area (Å²) in [5.74, 6) is -4.79. The SMILES string of the molecule is CCC(C)C(NC(=O)C(N)CC(N)=O)C(=O)NC(C)C(=O)NC(CO)C(=O)O. The third kappa shape index (κ3) is 8.31. The second-order valence-electron chi connectivity index (χ2n) is 6.46. The summed E-state index contributed by atoms with van der Waals surface area (Å²) in [6.07, 6.45) is 0.118. The molecule has 28 heavy (non-hydrogen) atoms. The van der Waals surface area contributed by atoms with Gasteiger partial charge in [-0.2, -0.15) is 0 Å². The summed E-state index contributed by atoms with van der Waals surface area (Å²) in [5.41, 5.74) is 10.6. The Hall–Kier alpha value is -2.73. The fraction of sp³-hybridized carbons (Fsp3) is 0.688. The standard InChI is InChI=1S/C16H29N5O7/c1-4-7(2)12(21-14(25)9(17)5-11(18)23)15(26)19-8(3)13(24)20-10(6-22)16(27)28/h7-10,12,22H,4-6,17H2,1-3H3,(H2,18,23)(H,19,26)(H,20,24)(H,21,25)(H,27,28). The van der Waals surface area contributed by atoms with Crippen LogP contribution in [0.3, 0.4) is 0 Å². The highest BCUT2D eigenvalue weighted by Gasteiger charge is 2.31. The van der Waals surface area contributed by atoms with Crippen LogP contribution in [0, 0.1) is 5.92 Å². The number of carbonyl (C=O) groups is 5. The van der Waals surface area contributed by atoms with E-state index in [1.807, 2.05) is 0 Å². The lowest BCUT2D eigenvalue weighted by Crippen LogP contribution is -2.58. The van der Waals surface area contributed by atoms with Crippen molar-refractivity contribution < 1.29 is 34.2 Å². The van der Waals surface area contributed by atoms with Crippen LogP contribution in [-0.4, -0.2) is 70.6 Å². The van der Waals surface area contributed by atoms with Gasteiger partial charge in [0.05, 0.1) is 19.1 Å². The number of nitrogens with one attached hydrogen (secondary N) is 3. The van der Waals surface area contributed by atoms with E-state index in [0.29, 0.717) is 6.42 Å². The minimum atomic E-state index is -1.51. The number of rotatable bonds is 12. The summed E-state index contributed by atoms with van der Waals surface area (Å²) >= 11 is 0. The molecule has 0 aromatic rings. The Labute approximate surface area is 162 Å². The summed E-state index contributed by atoms with van der Waals surface area (Å²) in [6.45, 7) is 3.99. The summed E-state index contributed by atoms with van der Waals surface area (Å²) in [4.78, 5) is 58.4. The summed E-state index contributed by atoms with van der Waals surface area (Å²) in [7, 11) is 0. The number of amides is 4. The Bertz CT molecular complexity index is 598. The largest absolute Gasteiger partial charge is 0.480 e. The van der Waals surface area contributed by atoms with Gasteiger partial charge in [0.15, 0.2) is 0 Å². The van der Waals surface area contributed by atoms with E-state index in [9.17, 15) is 24.0 Å². The predicted molar refractivity (Wildman–Crippen MR) is 97.4 cm³/mol. The van der Waals surface area contributed by atoms with Crippen LogP contribution in [0.1, 0.15) is 33.6 Å². The fourth-order valence-electron chi connectivity index (χ4n) is 2.12. The van der Waals surface area contributed by atoms with Crippen LogP contribution in [0.5, 0.6) is 0 Å². The van der Waals surface area contributed by atoms with Crippen LogP contribution in [0.15, 0.2) is 0 Å². The maximum absolute atomic E-state index is 12.5. The molecule has 4 amide bonds. The van der Waals surface area contributed by atoms with Crippen molar-refractivity contribution >= 4 is 29.6 Å². The molecule has 0 bridgehead atoms. The zero-order valence-corrected chi connectivity index (χ0v) is 16.1. The molecule has 0 fully saturated rings. The highest BCUT2D eigenvalue weighted by molar-refractivity contribution is 5.95. The van der Waals surface area contributed by atoms with Crippen molar-refractivity contribution in [2.45, 2.75) is 57.8 Å².